The first kappa shape index (κ1) is 13.9. The number of alkyl halides is 3. The molecular formula is C12H10F3NO2S. The molecule has 2 rings (SSSR count). The molecule has 1 unspecified atom stereocenters. The number of benzene rings is 1. The molecule has 0 spiro atoms. The second kappa shape index (κ2) is 5.24. The van der Waals surface area contributed by atoms with Crippen LogP contribution in [0.1, 0.15) is 23.6 Å². The summed E-state index contributed by atoms with van der Waals surface area (Å²) in [6.07, 6.45) is -4.48. The molecule has 1 N–H and O–H groups in total. The van der Waals surface area contributed by atoms with Crippen molar-refractivity contribution in [2.24, 2.45) is 4.99 Å². The maximum Gasteiger partial charge on any atom is 0.416 e. The molecule has 3 nitrogen and oxygen atoms in total. The summed E-state index contributed by atoms with van der Waals surface area (Å²) in [7, 11) is 0. The van der Waals surface area contributed by atoms with Gasteiger partial charge < -0.3 is 5.11 Å². The predicted octanol–water partition coefficient (Wildman–Crippen LogP) is 3.37. The van der Waals surface area contributed by atoms with Gasteiger partial charge in [0.2, 0.25) is 0 Å². The second-order valence-electron chi connectivity index (χ2n) is 4.04. The summed E-state index contributed by atoms with van der Waals surface area (Å²) in [5.41, 5.74) is -0.0301. The van der Waals surface area contributed by atoms with Gasteiger partial charge in [-0.05, 0) is 17.7 Å². The third-order valence-corrected chi connectivity index (χ3v) is 3.70. The Morgan fingerprint density at radius 2 is 2.00 bits per heavy atom. The van der Waals surface area contributed by atoms with E-state index in [-0.39, 0.29) is 12.5 Å². The minimum absolute atomic E-state index is 0.137. The van der Waals surface area contributed by atoms with E-state index in [0.717, 1.165) is 12.1 Å². The number of thioether (sulfide) groups is 1. The van der Waals surface area contributed by atoms with Crippen molar-refractivity contribution >= 4 is 22.8 Å². The van der Waals surface area contributed by atoms with Crippen LogP contribution in [0.5, 0.6) is 0 Å². The quantitative estimate of drug-likeness (QED) is 0.928. The van der Waals surface area contributed by atoms with E-state index in [4.69, 9.17) is 5.11 Å². The van der Waals surface area contributed by atoms with E-state index in [0.29, 0.717) is 16.4 Å². The molecule has 0 saturated carbocycles. The van der Waals surface area contributed by atoms with Gasteiger partial charge in [-0.2, -0.15) is 13.2 Å². The Bertz CT molecular complexity index is 511. The highest BCUT2D eigenvalue weighted by Gasteiger charge is 2.30. The summed E-state index contributed by atoms with van der Waals surface area (Å²) in [5, 5.41) is 9.15. The summed E-state index contributed by atoms with van der Waals surface area (Å²) in [5.74, 6) is -0.395. The Labute approximate surface area is 111 Å². The van der Waals surface area contributed by atoms with Gasteiger partial charge in [-0.1, -0.05) is 12.1 Å². The Morgan fingerprint density at radius 3 is 2.53 bits per heavy atom. The highest BCUT2D eigenvalue weighted by Crippen LogP contribution is 2.34. The fourth-order valence-electron chi connectivity index (χ4n) is 1.71. The van der Waals surface area contributed by atoms with E-state index in [1.54, 1.807) is 0 Å². The van der Waals surface area contributed by atoms with Crippen LogP contribution in [-0.4, -0.2) is 21.9 Å². The predicted molar refractivity (Wildman–Crippen MR) is 66.3 cm³/mol. The molecule has 1 atom stereocenters. The van der Waals surface area contributed by atoms with Crippen molar-refractivity contribution in [3.8, 4) is 0 Å². The van der Waals surface area contributed by atoms with Crippen molar-refractivity contribution in [3.63, 3.8) is 0 Å². The van der Waals surface area contributed by atoms with Crippen LogP contribution in [0.4, 0.5) is 13.2 Å². The van der Waals surface area contributed by atoms with Crippen molar-refractivity contribution in [1.82, 2.24) is 0 Å². The molecule has 0 aliphatic carbocycles. The highest BCUT2D eigenvalue weighted by atomic mass is 32.2. The molecule has 102 valence electrons. The standard InChI is InChI=1S/C12H10F3NO2S/c13-12(14,15)8-3-1-7(2-4-8)9-6-19-10(16-9)5-11(17)18/h1-4,9H,5-6H2,(H,17,18). The lowest BCUT2D eigenvalue weighted by Crippen LogP contribution is -2.05. The Balaban J connectivity index is 2.12. The van der Waals surface area contributed by atoms with Crippen LogP contribution in [0.3, 0.4) is 0 Å². The van der Waals surface area contributed by atoms with E-state index in [2.05, 4.69) is 4.99 Å². The number of carboxylic acid groups (broad SMARTS) is 1. The number of halogens is 3. The molecule has 0 fully saturated rings. The minimum atomic E-state index is -4.35. The molecule has 1 aromatic rings. The summed E-state index contributed by atoms with van der Waals surface area (Å²) >= 11 is 1.33. The number of aliphatic imine (C=N–C) groups is 1. The van der Waals surface area contributed by atoms with Crippen LogP contribution in [0, 0.1) is 0 Å². The number of hydrogen-bond acceptors (Lipinski definition) is 3. The maximum atomic E-state index is 12.4. The molecule has 0 radical (unpaired) electrons. The second-order valence-corrected chi connectivity index (χ2v) is 5.13. The molecule has 1 heterocycles. The first-order chi connectivity index (χ1) is 8.86. The molecule has 0 bridgehead atoms. The van der Waals surface area contributed by atoms with Crippen LogP contribution >= 0.6 is 11.8 Å². The fourth-order valence-corrected chi connectivity index (χ4v) is 2.76. The van der Waals surface area contributed by atoms with Gasteiger partial charge in [-0.3, -0.25) is 9.79 Å². The number of carbonyl (C=O) groups is 1. The van der Waals surface area contributed by atoms with Crippen LogP contribution in [0.15, 0.2) is 29.3 Å². The van der Waals surface area contributed by atoms with E-state index < -0.39 is 17.7 Å². The average Bonchev–Trinajstić information content (AvgIpc) is 2.75. The molecule has 7 heteroatoms. The van der Waals surface area contributed by atoms with Gasteiger partial charge in [0.05, 0.1) is 23.1 Å². The molecule has 19 heavy (non-hydrogen) atoms. The first-order valence-electron chi connectivity index (χ1n) is 5.44. The highest BCUT2D eigenvalue weighted by molar-refractivity contribution is 8.14. The van der Waals surface area contributed by atoms with Gasteiger partial charge in [0.1, 0.15) is 0 Å². The lowest BCUT2D eigenvalue weighted by molar-refractivity contribution is -0.138. The molecular weight excluding hydrogens is 279 g/mol. The van der Waals surface area contributed by atoms with Gasteiger partial charge in [-0.15, -0.1) is 11.8 Å². The third kappa shape index (κ3) is 3.50. The summed E-state index contributed by atoms with van der Waals surface area (Å²) in [4.78, 5) is 14.7. The number of rotatable bonds is 3. The first-order valence-corrected chi connectivity index (χ1v) is 6.43. The van der Waals surface area contributed by atoms with Crippen molar-refractivity contribution < 1.29 is 23.1 Å². The largest absolute Gasteiger partial charge is 0.481 e. The molecule has 1 aliphatic rings. The van der Waals surface area contributed by atoms with Crippen LogP contribution in [-0.2, 0) is 11.0 Å². The van der Waals surface area contributed by atoms with Crippen molar-refractivity contribution in [3.05, 3.63) is 35.4 Å². The van der Waals surface area contributed by atoms with Gasteiger partial charge in [0, 0.05) is 5.75 Å². The Kier molecular flexibility index (Phi) is 3.84. The Hall–Kier alpha value is -1.50. The zero-order chi connectivity index (χ0) is 14.0. The molecule has 1 aliphatic heterocycles. The van der Waals surface area contributed by atoms with Crippen molar-refractivity contribution in [1.29, 1.82) is 0 Å². The molecule has 0 aromatic heterocycles. The van der Waals surface area contributed by atoms with Crippen LogP contribution in [0.2, 0.25) is 0 Å². The van der Waals surface area contributed by atoms with Crippen molar-refractivity contribution in [2.45, 2.75) is 18.6 Å². The van der Waals surface area contributed by atoms with Gasteiger partial charge in [0.15, 0.2) is 0 Å². The molecule has 0 saturated heterocycles. The molecule has 1 aromatic carbocycles. The maximum absolute atomic E-state index is 12.4. The minimum Gasteiger partial charge on any atom is -0.481 e. The zero-order valence-electron chi connectivity index (χ0n) is 9.65. The average molecular weight is 289 g/mol. The third-order valence-electron chi connectivity index (χ3n) is 2.63. The topological polar surface area (TPSA) is 49.7 Å². The summed E-state index contributed by atoms with van der Waals surface area (Å²) in [6.45, 7) is 0. The van der Waals surface area contributed by atoms with E-state index in [1.807, 2.05) is 0 Å². The van der Waals surface area contributed by atoms with Gasteiger partial charge in [-0.25, -0.2) is 0 Å². The normalized spacial score (nSPS) is 19.3. The summed E-state index contributed by atoms with van der Waals surface area (Å²) < 4.78 is 37.2. The lowest BCUT2D eigenvalue weighted by Gasteiger charge is -2.09. The van der Waals surface area contributed by atoms with E-state index in [9.17, 15) is 18.0 Å². The number of hydrogen-bond donors (Lipinski definition) is 1. The van der Waals surface area contributed by atoms with E-state index >= 15 is 0 Å². The monoisotopic (exact) mass is 289 g/mol. The number of aliphatic carboxylic acids is 1. The Morgan fingerprint density at radius 1 is 1.37 bits per heavy atom. The van der Waals surface area contributed by atoms with Gasteiger partial charge >= 0.3 is 12.1 Å². The van der Waals surface area contributed by atoms with Crippen LogP contribution < -0.4 is 0 Å². The number of nitrogens with zero attached hydrogens (tertiary/aromatic N) is 1. The van der Waals surface area contributed by atoms with Crippen molar-refractivity contribution in [2.75, 3.05) is 5.75 Å². The summed E-state index contributed by atoms with van der Waals surface area (Å²) in [6, 6.07) is 4.56. The van der Waals surface area contributed by atoms with E-state index in [1.165, 1.54) is 23.9 Å². The SMILES string of the molecule is O=C(O)CC1=NC(c2ccc(C(F)(F)F)cc2)CS1. The zero-order valence-corrected chi connectivity index (χ0v) is 10.5. The van der Waals surface area contributed by atoms with Crippen LogP contribution in [0.25, 0.3) is 0 Å². The number of carboxylic acids is 1. The molecule has 0 amide bonds. The lowest BCUT2D eigenvalue weighted by atomic mass is 10.1. The van der Waals surface area contributed by atoms with Gasteiger partial charge in [0.25, 0.3) is 0 Å². The smallest absolute Gasteiger partial charge is 0.416 e. The fraction of sp³-hybridized carbons (Fsp3) is 0.333.